The molecule has 0 radical (unpaired) electrons. The Hall–Kier alpha value is -4.51. The summed E-state index contributed by atoms with van der Waals surface area (Å²) in [6, 6.07) is 18.7. The summed E-state index contributed by atoms with van der Waals surface area (Å²) >= 11 is 1.22. The molecule has 9 nitrogen and oxygen atoms in total. The molecule has 4 aromatic rings. The number of anilines is 1. The van der Waals surface area contributed by atoms with Gasteiger partial charge in [0.25, 0.3) is 5.91 Å². The largest absolute Gasteiger partial charge is 0.497 e. The van der Waals surface area contributed by atoms with Crippen molar-refractivity contribution in [1.82, 2.24) is 15.1 Å². The third-order valence-corrected chi connectivity index (χ3v) is 6.99. The molecular weight excluding hydrogens is 535 g/mol. The van der Waals surface area contributed by atoms with E-state index in [1.165, 1.54) is 34.4 Å². The van der Waals surface area contributed by atoms with E-state index in [2.05, 4.69) is 15.5 Å². The van der Waals surface area contributed by atoms with Crippen LogP contribution in [0.5, 0.6) is 17.2 Å². The summed E-state index contributed by atoms with van der Waals surface area (Å²) < 4.78 is 30.3. The summed E-state index contributed by atoms with van der Waals surface area (Å²) in [6.45, 7) is 0.336. The van der Waals surface area contributed by atoms with Crippen molar-refractivity contribution in [2.75, 3.05) is 39.7 Å². The molecule has 3 aromatic carbocycles. The van der Waals surface area contributed by atoms with Gasteiger partial charge in [-0.05, 0) is 48.4 Å². The van der Waals surface area contributed by atoms with E-state index >= 15 is 0 Å². The fourth-order valence-electron chi connectivity index (χ4n) is 3.98. The van der Waals surface area contributed by atoms with Gasteiger partial charge in [-0.3, -0.25) is 9.59 Å². The molecule has 0 bridgehead atoms. The van der Waals surface area contributed by atoms with E-state index in [1.54, 1.807) is 33.5 Å². The number of nitrogens with zero attached hydrogens (tertiary/aromatic N) is 3. The van der Waals surface area contributed by atoms with Crippen LogP contribution < -0.4 is 19.5 Å². The molecule has 2 amide bonds. The van der Waals surface area contributed by atoms with Crippen molar-refractivity contribution in [3.05, 3.63) is 83.7 Å². The van der Waals surface area contributed by atoms with Crippen LogP contribution in [-0.2, 0) is 11.2 Å². The molecule has 0 atom stereocenters. The van der Waals surface area contributed by atoms with Crippen molar-refractivity contribution in [2.24, 2.45) is 0 Å². The van der Waals surface area contributed by atoms with Crippen LogP contribution in [0.3, 0.4) is 0 Å². The van der Waals surface area contributed by atoms with Crippen molar-refractivity contribution < 1.29 is 28.2 Å². The standard InChI is InChI=1S/C29H29FN4O5S/c1-37-21-8-6-7-20(18-21)27-32-33-29(40-27)31-26(35)14-16-34(28(36)22-9-4-5-10-23(22)30)15-13-19-11-12-24(38-2)25(17-19)39-3/h4-12,17-18H,13-16H2,1-3H3,(H,31,33,35). The van der Waals surface area contributed by atoms with E-state index in [9.17, 15) is 14.0 Å². The van der Waals surface area contributed by atoms with Gasteiger partial charge in [-0.2, -0.15) is 0 Å². The number of halogens is 1. The smallest absolute Gasteiger partial charge is 0.256 e. The zero-order valence-electron chi connectivity index (χ0n) is 22.3. The maximum atomic E-state index is 14.4. The lowest BCUT2D eigenvalue weighted by molar-refractivity contribution is -0.116. The van der Waals surface area contributed by atoms with Crippen LogP contribution in [-0.4, -0.2) is 61.3 Å². The molecule has 0 unspecified atom stereocenters. The summed E-state index contributed by atoms with van der Waals surface area (Å²) in [4.78, 5) is 27.5. The van der Waals surface area contributed by atoms with E-state index in [0.717, 1.165) is 11.1 Å². The second-order valence-electron chi connectivity index (χ2n) is 8.65. The molecule has 40 heavy (non-hydrogen) atoms. The van der Waals surface area contributed by atoms with Gasteiger partial charge in [-0.15, -0.1) is 10.2 Å². The van der Waals surface area contributed by atoms with Crippen LogP contribution in [0.2, 0.25) is 0 Å². The minimum Gasteiger partial charge on any atom is -0.497 e. The molecule has 11 heteroatoms. The molecule has 0 fully saturated rings. The van der Waals surface area contributed by atoms with E-state index in [1.807, 2.05) is 36.4 Å². The van der Waals surface area contributed by atoms with Crippen molar-refractivity contribution in [2.45, 2.75) is 12.8 Å². The Labute approximate surface area is 235 Å². The summed E-state index contributed by atoms with van der Waals surface area (Å²) in [5, 5.41) is 11.9. The normalized spacial score (nSPS) is 10.6. The lowest BCUT2D eigenvalue weighted by atomic mass is 10.1. The monoisotopic (exact) mass is 564 g/mol. The molecule has 0 aliphatic carbocycles. The van der Waals surface area contributed by atoms with Gasteiger partial charge in [0.15, 0.2) is 11.5 Å². The molecule has 208 valence electrons. The summed E-state index contributed by atoms with van der Waals surface area (Å²) in [7, 11) is 4.68. The van der Waals surface area contributed by atoms with Gasteiger partial charge in [0.2, 0.25) is 11.0 Å². The Morgan fingerprint density at radius 3 is 2.45 bits per heavy atom. The molecule has 1 N–H and O–H groups in total. The average Bonchev–Trinajstić information content (AvgIpc) is 3.45. The number of benzene rings is 3. The first kappa shape index (κ1) is 28.5. The number of ether oxygens (including phenoxy) is 3. The number of carbonyl (C=O) groups is 2. The Kier molecular flexibility index (Phi) is 9.63. The predicted molar refractivity (Wildman–Crippen MR) is 151 cm³/mol. The lowest BCUT2D eigenvalue weighted by Crippen LogP contribution is -2.36. The molecule has 0 saturated carbocycles. The number of rotatable bonds is 12. The quantitative estimate of drug-likeness (QED) is 0.256. The number of carbonyl (C=O) groups excluding carboxylic acids is 2. The number of methoxy groups -OCH3 is 3. The van der Waals surface area contributed by atoms with E-state index in [0.29, 0.717) is 33.8 Å². The van der Waals surface area contributed by atoms with Gasteiger partial charge in [0, 0.05) is 25.1 Å². The van der Waals surface area contributed by atoms with Crippen molar-refractivity contribution in [3.8, 4) is 27.8 Å². The summed E-state index contributed by atoms with van der Waals surface area (Å²) in [6.07, 6.45) is 0.447. The van der Waals surface area contributed by atoms with Gasteiger partial charge in [-0.25, -0.2) is 4.39 Å². The van der Waals surface area contributed by atoms with Crippen LogP contribution in [0.4, 0.5) is 9.52 Å². The molecule has 0 aliphatic heterocycles. The highest BCUT2D eigenvalue weighted by molar-refractivity contribution is 7.18. The first-order valence-electron chi connectivity index (χ1n) is 12.4. The molecule has 0 saturated heterocycles. The molecular formula is C29H29FN4O5S. The average molecular weight is 565 g/mol. The Bertz CT molecular complexity index is 1480. The molecule has 0 aliphatic rings. The second kappa shape index (κ2) is 13.5. The highest BCUT2D eigenvalue weighted by Gasteiger charge is 2.21. The minimum absolute atomic E-state index is 0.0137. The van der Waals surface area contributed by atoms with E-state index < -0.39 is 11.7 Å². The highest BCUT2D eigenvalue weighted by Crippen LogP contribution is 2.29. The van der Waals surface area contributed by atoms with Gasteiger partial charge >= 0.3 is 0 Å². The Morgan fingerprint density at radius 2 is 1.70 bits per heavy atom. The first-order valence-corrected chi connectivity index (χ1v) is 13.3. The number of hydrogen-bond acceptors (Lipinski definition) is 8. The summed E-state index contributed by atoms with van der Waals surface area (Å²) in [5.74, 6) is 0.386. The number of hydrogen-bond donors (Lipinski definition) is 1. The van der Waals surface area contributed by atoms with E-state index in [4.69, 9.17) is 14.2 Å². The predicted octanol–water partition coefficient (Wildman–Crippen LogP) is 5.08. The maximum absolute atomic E-state index is 14.4. The zero-order valence-corrected chi connectivity index (χ0v) is 23.2. The SMILES string of the molecule is COc1cccc(-c2nnc(NC(=O)CCN(CCc3ccc(OC)c(OC)c3)C(=O)c3ccccc3F)s2)c1. The minimum atomic E-state index is -0.619. The van der Waals surface area contributed by atoms with Crippen molar-refractivity contribution in [3.63, 3.8) is 0 Å². The van der Waals surface area contributed by atoms with Gasteiger partial charge in [0.05, 0.1) is 26.9 Å². The van der Waals surface area contributed by atoms with Crippen LogP contribution in [0.1, 0.15) is 22.3 Å². The number of amides is 2. The van der Waals surface area contributed by atoms with E-state index in [-0.39, 0.29) is 31.0 Å². The third kappa shape index (κ3) is 7.11. The third-order valence-electron chi connectivity index (χ3n) is 6.11. The summed E-state index contributed by atoms with van der Waals surface area (Å²) in [5.41, 5.74) is 1.66. The number of nitrogens with one attached hydrogen (secondary N) is 1. The van der Waals surface area contributed by atoms with Crippen molar-refractivity contribution in [1.29, 1.82) is 0 Å². The Morgan fingerprint density at radius 1 is 0.900 bits per heavy atom. The van der Waals surface area contributed by atoms with Gasteiger partial charge in [-0.1, -0.05) is 41.7 Å². The maximum Gasteiger partial charge on any atom is 0.256 e. The van der Waals surface area contributed by atoms with Crippen LogP contribution in [0.15, 0.2) is 66.7 Å². The molecule has 1 heterocycles. The lowest BCUT2D eigenvalue weighted by Gasteiger charge is -2.23. The fourth-order valence-corrected chi connectivity index (χ4v) is 4.74. The Balaban J connectivity index is 1.43. The topological polar surface area (TPSA) is 103 Å². The van der Waals surface area contributed by atoms with Gasteiger partial charge < -0.3 is 24.4 Å². The van der Waals surface area contributed by atoms with Crippen molar-refractivity contribution >= 4 is 28.3 Å². The second-order valence-corrected chi connectivity index (χ2v) is 9.63. The molecule has 1 aromatic heterocycles. The zero-order chi connectivity index (χ0) is 28.5. The van der Waals surface area contributed by atoms with Crippen LogP contribution in [0, 0.1) is 5.82 Å². The van der Waals surface area contributed by atoms with Crippen LogP contribution >= 0.6 is 11.3 Å². The molecule has 4 rings (SSSR count). The highest BCUT2D eigenvalue weighted by atomic mass is 32.1. The fraction of sp³-hybridized carbons (Fsp3) is 0.241. The molecule has 0 spiro atoms. The first-order chi connectivity index (χ1) is 19.4. The van der Waals surface area contributed by atoms with Gasteiger partial charge in [0.1, 0.15) is 16.6 Å². The number of aromatic nitrogens is 2. The van der Waals surface area contributed by atoms with Crippen LogP contribution in [0.25, 0.3) is 10.6 Å².